The standard InChI is InChI=1S/C23H30N2O2/c1-22(2,3)19-15-27-21(24-19)23(4)18-8-6-5-7-16(18)9-10-20(23)25-13-11-17(26)12-14-25/h5-10,19-20H,11-15H2,1-4H3/t19-,20+,23-/m1/s1. The molecule has 1 saturated heterocycles. The summed E-state index contributed by atoms with van der Waals surface area (Å²) in [5.41, 5.74) is 2.23. The lowest BCUT2D eigenvalue weighted by atomic mass is 9.69. The number of ether oxygens (including phenoxy) is 1. The smallest absolute Gasteiger partial charge is 0.196 e. The SMILES string of the molecule is CC(C)(C)[C@H]1COC([C@]2(C)c3ccccc3C=C[C@@H]2N2CCC(=O)CC2)=N1. The molecule has 0 amide bonds. The van der Waals surface area contributed by atoms with Crippen molar-refractivity contribution in [3.8, 4) is 0 Å². The minimum Gasteiger partial charge on any atom is -0.478 e. The molecule has 4 heteroatoms. The van der Waals surface area contributed by atoms with Crippen LogP contribution < -0.4 is 0 Å². The van der Waals surface area contributed by atoms with E-state index in [4.69, 9.17) is 9.73 Å². The minimum atomic E-state index is -0.342. The first-order valence-electron chi connectivity index (χ1n) is 10.0. The number of benzene rings is 1. The molecule has 0 N–H and O–H groups in total. The van der Waals surface area contributed by atoms with E-state index in [1.807, 2.05) is 0 Å². The van der Waals surface area contributed by atoms with Gasteiger partial charge < -0.3 is 4.74 Å². The maximum atomic E-state index is 11.8. The summed E-state index contributed by atoms with van der Waals surface area (Å²) < 4.78 is 6.26. The quantitative estimate of drug-likeness (QED) is 0.798. The van der Waals surface area contributed by atoms with E-state index in [1.54, 1.807) is 0 Å². The van der Waals surface area contributed by atoms with Crippen molar-refractivity contribution in [1.82, 2.24) is 4.90 Å². The topological polar surface area (TPSA) is 41.9 Å². The van der Waals surface area contributed by atoms with E-state index >= 15 is 0 Å². The number of fused-ring (bicyclic) bond motifs is 1. The van der Waals surface area contributed by atoms with E-state index in [1.165, 1.54) is 11.1 Å². The summed E-state index contributed by atoms with van der Waals surface area (Å²) in [7, 11) is 0. The van der Waals surface area contributed by atoms with Gasteiger partial charge >= 0.3 is 0 Å². The van der Waals surface area contributed by atoms with Crippen molar-refractivity contribution < 1.29 is 9.53 Å². The largest absolute Gasteiger partial charge is 0.478 e. The maximum absolute atomic E-state index is 11.8. The van der Waals surface area contributed by atoms with Gasteiger partial charge in [0.15, 0.2) is 5.90 Å². The zero-order valence-electron chi connectivity index (χ0n) is 16.9. The average Bonchev–Trinajstić information content (AvgIpc) is 3.14. The van der Waals surface area contributed by atoms with Gasteiger partial charge in [-0.3, -0.25) is 9.69 Å². The third-order valence-electron chi connectivity index (χ3n) is 6.41. The van der Waals surface area contributed by atoms with Crippen LogP contribution in [0.15, 0.2) is 35.3 Å². The van der Waals surface area contributed by atoms with Crippen LogP contribution >= 0.6 is 0 Å². The third-order valence-corrected chi connectivity index (χ3v) is 6.41. The van der Waals surface area contributed by atoms with Gasteiger partial charge in [0.25, 0.3) is 0 Å². The van der Waals surface area contributed by atoms with E-state index < -0.39 is 0 Å². The molecule has 1 fully saturated rings. The van der Waals surface area contributed by atoms with Crippen LogP contribution in [0, 0.1) is 5.41 Å². The fourth-order valence-corrected chi connectivity index (χ4v) is 4.54. The van der Waals surface area contributed by atoms with Gasteiger partial charge in [0.05, 0.1) is 11.5 Å². The highest BCUT2D eigenvalue weighted by atomic mass is 16.5. The summed E-state index contributed by atoms with van der Waals surface area (Å²) >= 11 is 0. The lowest BCUT2D eigenvalue weighted by molar-refractivity contribution is -0.121. The number of rotatable bonds is 2. The molecule has 1 aromatic rings. The predicted molar refractivity (Wildman–Crippen MR) is 109 cm³/mol. The predicted octanol–water partition coefficient (Wildman–Crippen LogP) is 3.85. The van der Waals surface area contributed by atoms with Crippen LogP contribution in [0.5, 0.6) is 0 Å². The molecular weight excluding hydrogens is 336 g/mol. The summed E-state index contributed by atoms with van der Waals surface area (Å²) in [6.07, 6.45) is 5.78. The van der Waals surface area contributed by atoms with Crippen LogP contribution in [-0.2, 0) is 14.9 Å². The molecule has 27 heavy (non-hydrogen) atoms. The number of nitrogens with zero attached hydrogens (tertiary/aromatic N) is 2. The molecule has 144 valence electrons. The number of carbonyl (C=O) groups excluding carboxylic acids is 1. The number of piperidine rings is 1. The molecule has 0 unspecified atom stereocenters. The Balaban J connectivity index is 1.77. The number of hydrogen-bond acceptors (Lipinski definition) is 4. The summed E-state index contributed by atoms with van der Waals surface area (Å²) in [5.74, 6) is 1.22. The van der Waals surface area contributed by atoms with Crippen LogP contribution in [-0.4, -0.2) is 48.4 Å². The Hall–Kier alpha value is -1.94. The molecule has 2 aliphatic heterocycles. The third kappa shape index (κ3) is 3.14. The Bertz CT molecular complexity index is 795. The molecule has 0 bridgehead atoms. The molecule has 0 aromatic heterocycles. The van der Waals surface area contributed by atoms with Crippen molar-refractivity contribution in [3.63, 3.8) is 0 Å². The van der Waals surface area contributed by atoms with Gasteiger partial charge in [0.1, 0.15) is 12.4 Å². The number of aliphatic imine (C=N–C) groups is 1. The molecule has 4 nitrogen and oxygen atoms in total. The van der Waals surface area contributed by atoms with E-state index in [9.17, 15) is 4.79 Å². The second kappa shape index (κ2) is 6.59. The molecule has 0 saturated carbocycles. The first kappa shape index (κ1) is 18.4. The van der Waals surface area contributed by atoms with Crippen molar-refractivity contribution in [2.75, 3.05) is 19.7 Å². The summed E-state index contributed by atoms with van der Waals surface area (Å²) in [5, 5.41) is 0. The Morgan fingerprint density at radius 3 is 2.56 bits per heavy atom. The Kier molecular flexibility index (Phi) is 4.50. The Labute approximate surface area is 162 Å². The van der Waals surface area contributed by atoms with E-state index in [0.29, 0.717) is 25.2 Å². The molecular formula is C23H30N2O2. The van der Waals surface area contributed by atoms with Crippen LogP contribution in [0.4, 0.5) is 0 Å². The van der Waals surface area contributed by atoms with Gasteiger partial charge in [-0.2, -0.15) is 0 Å². The van der Waals surface area contributed by atoms with Crippen molar-refractivity contribution in [2.45, 2.75) is 58.0 Å². The van der Waals surface area contributed by atoms with E-state index in [0.717, 1.165) is 19.0 Å². The molecule has 0 spiro atoms. The van der Waals surface area contributed by atoms with Crippen molar-refractivity contribution in [1.29, 1.82) is 0 Å². The average molecular weight is 367 g/mol. The Morgan fingerprint density at radius 1 is 1.19 bits per heavy atom. The van der Waals surface area contributed by atoms with Crippen LogP contribution in [0.1, 0.15) is 51.7 Å². The summed E-state index contributed by atoms with van der Waals surface area (Å²) in [4.78, 5) is 19.3. The molecule has 2 heterocycles. The van der Waals surface area contributed by atoms with Gasteiger partial charge in [-0.15, -0.1) is 0 Å². The number of Topliss-reactive ketones (excluding diaryl/α,β-unsaturated/α-hetero) is 1. The number of ketones is 1. The van der Waals surface area contributed by atoms with Crippen molar-refractivity contribution in [3.05, 3.63) is 41.5 Å². The molecule has 1 aliphatic carbocycles. The minimum absolute atomic E-state index is 0.0785. The molecule has 0 radical (unpaired) electrons. The van der Waals surface area contributed by atoms with Gasteiger partial charge in [-0.1, -0.05) is 57.2 Å². The van der Waals surface area contributed by atoms with Gasteiger partial charge in [0.2, 0.25) is 0 Å². The zero-order valence-corrected chi connectivity index (χ0v) is 16.9. The van der Waals surface area contributed by atoms with Crippen LogP contribution in [0.2, 0.25) is 0 Å². The van der Waals surface area contributed by atoms with Crippen molar-refractivity contribution in [2.24, 2.45) is 10.4 Å². The highest BCUT2D eigenvalue weighted by Gasteiger charge is 2.49. The number of hydrogen-bond donors (Lipinski definition) is 0. The fourth-order valence-electron chi connectivity index (χ4n) is 4.54. The van der Waals surface area contributed by atoms with Crippen molar-refractivity contribution >= 4 is 17.8 Å². The highest BCUT2D eigenvalue weighted by molar-refractivity contribution is 5.93. The first-order chi connectivity index (χ1) is 12.8. The summed E-state index contributed by atoms with van der Waals surface area (Å²) in [6, 6.07) is 8.88. The molecule has 4 rings (SSSR count). The van der Waals surface area contributed by atoms with Gasteiger partial charge in [-0.05, 0) is 23.5 Å². The normalized spacial score (nSPS) is 31.4. The zero-order chi connectivity index (χ0) is 19.2. The molecule has 3 atom stereocenters. The number of carbonyl (C=O) groups is 1. The van der Waals surface area contributed by atoms with E-state index in [-0.39, 0.29) is 22.9 Å². The number of likely N-dealkylation sites (tertiary alicyclic amines) is 1. The maximum Gasteiger partial charge on any atom is 0.196 e. The molecule has 3 aliphatic rings. The van der Waals surface area contributed by atoms with Gasteiger partial charge in [0, 0.05) is 32.0 Å². The second-order valence-electron chi connectivity index (χ2n) is 9.30. The fraction of sp³-hybridized carbons (Fsp3) is 0.565. The lowest BCUT2D eigenvalue weighted by Crippen LogP contribution is -2.55. The first-order valence-corrected chi connectivity index (χ1v) is 10.0. The Morgan fingerprint density at radius 2 is 1.89 bits per heavy atom. The van der Waals surface area contributed by atoms with E-state index in [2.05, 4.69) is 69.0 Å². The summed E-state index contributed by atoms with van der Waals surface area (Å²) in [6.45, 7) is 11.2. The van der Waals surface area contributed by atoms with Crippen LogP contribution in [0.3, 0.4) is 0 Å². The highest BCUT2D eigenvalue weighted by Crippen LogP contribution is 2.42. The van der Waals surface area contributed by atoms with Gasteiger partial charge in [-0.25, -0.2) is 4.99 Å². The molecule has 1 aromatic carbocycles. The monoisotopic (exact) mass is 366 g/mol. The second-order valence-corrected chi connectivity index (χ2v) is 9.30. The lowest BCUT2D eigenvalue weighted by Gasteiger charge is -2.45. The van der Waals surface area contributed by atoms with Crippen LogP contribution in [0.25, 0.3) is 6.08 Å².